The minimum atomic E-state index is -2.23. The van der Waals surface area contributed by atoms with Crippen molar-refractivity contribution < 1.29 is 18.3 Å². The Kier molecular flexibility index (Phi) is 3.39. The number of hydrogen-bond acceptors (Lipinski definition) is 2. The molecule has 0 spiro atoms. The molecule has 0 aromatic heterocycles. The first-order valence-electron chi connectivity index (χ1n) is 5.46. The maximum absolute atomic E-state index is 14.3. The van der Waals surface area contributed by atoms with Gasteiger partial charge in [-0.15, -0.1) is 0 Å². The van der Waals surface area contributed by atoms with Gasteiger partial charge in [-0.05, 0) is 17.7 Å². The molecule has 2 rings (SSSR count). The van der Waals surface area contributed by atoms with Crippen LogP contribution in [-0.4, -0.2) is 19.3 Å². The van der Waals surface area contributed by atoms with Gasteiger partial charge in [0.1, 0.15) is 18.0 Å². The number of allylic oxidation sites excluding steroid dienone is 2. The van der Waals surface area contributed by atoms with Crippen LogP contribution in [0.1, 0.15) is 5.56 Å². The van der Waals surface area contributed by atoms with Crippen LogP contribution in [0, 0.1) is 11.7 Å². The molecule has 1 aliphatic carbocycles. The Hall–Kier alpha value is -1.81. The summed E-state index contributed by atoms with van der Waals surface area (Å²) in [7, 11) is 1.17. The van der Waals surface area contributed by atoms with Crippen molar-refractivity contribution in [2.45, 2.75) is 5.85 Å². The zero-order valence-electron chi connectivity index (χ0n) is 9.77. The van der Waals surface area contributed by atoms with Crippen LogP contribution in [0.25, 0.3) is 5.57 Å². The third kappa shape index (κ3) is 1.99. The van der Waals surface area contributed by atoms with E-state index >= 15 is 0 Å². The molecular formula is C14H12F2O2. The fraction of sp³-hybridized carbons (Fsp3) is 0.214. The van der Waals surface area contributed by atoms with Gasteiger partial charge < -0.3 is 9.53 Å². The summed E-state index contributed by atoms with van der Waals surface area (Å²) in [6.07, 6.45) is 4.53. The fourth-order valence-electron chi connectivity index (χ4n) is 2.02. The molecule has 0 heterocycles. The van der Waals surface area contributed by atoms with Crippen LogP contribution in [-0.2, 0) is 9.53 Å². The number of halogens is 2. The van der Waals surface area contributed by atoms with Gasteiger partial charge in [0.15, 0.2) is 0 Å². The Labute approximate surface area is 104 Å². The second kappa shape index (κ2) is 4.82. The van der Waals surface area contributed by atoms with Crippen molar-refractivity contribution in [2.24, 2.45) is 5.92 Å². The van der Waals surface area contributed by atoms with Crippen molar-refractivity contribution in [1.29, 1.82) is 0 Å². The number of rotatable bonds is 3. The summed E-state index contributed by atoms with van der Waals surface area (Å²) in [5.41, 5.74) is 0.480. The molecule has 0 radical (unpaired) electrons. The van der Waals surface area contributed by atoms with Crippen molar-refractivity contribution in [3.63, 3.8) is 0 Å². The van der Waals surface area contributed by atoms with Crippen molar-refractivity contribution in [3.05, 3.63) is 53.9 Å². The molecule has 0 bridgehead atoms. The lowest BCUT2D eigenvalue weighted by Gasteiger charge is -2.30. The van der Waals surface area contributed by atoms with Gasteiger partial charge in [-0.3, -0.25) is 0 Å². The molecule has 1 aliphatic rings. The predicted octanol–water partition coefficient (Wildman–Crippen LogP) is 2.91. The summed E-state index contributed by atoms with van der Waals surface area (Å²) in [6.45, 7) is 0. The van der Waals surface area contributed by atoms with E-state index in [0.717, 1.165) is 6.08 Å². The molecule has 0 saturated carbocycles. The SMILES string of the molecule is COC1(F)C=CC=C(c2ccccc2F)C1C=O. The van der Waals surface area contributed by atoms with Gasteiger partial charge in [-0.1, -0.05) is 30.4 Å². The molecule has 1 aromatic rings. The van der Waals surface area contributed by atoms with E-state index in [0.29, 0.717) is 6.29 Å². The van der Waals surface area contributed by atoms with Crippen molar-refractivity contribution in [3.8, 4) is 0 Å². The summed E-state index contributed by atoms with van der Waals surface area (Å²) >= 11 is 0. The first-order valence-corrected chi connectivity index (χ1v) is 5.46. The standard InChI is InChI=1S/C14H12F2O2/c1-18-14(16)8-4-6-10(12(14)9-17)11-5-2-3-7-13(11)15/h2-9,12H,1H3. The summed E-state index contributed by atoms with van der Waals surface area (Å²) in [5, 5.41) is 0. The lowest BCUT2D eigenvalue weighted by molar-refractivity contribution is -0.133. The van der Waals surface area contributed by atoms with Crippen LogP contribution in [0.3, 0.4) is 0 Å². The molecule has 94 valence electrons. The molecule has 4 heteroatoms. The largest absolute Gasteiger partial charge is 0.345 e. The molecule has 1 aromatic carbocycles. The number of hydrogen-bond donors (Lipinski definition) is 0. The van der Waals surface area contributed by atoms with Crippen molar-refractivity contribution >= 4 is 11.9 Å². The van der Waals surface area contributed by atoms with E-state index < -0.39 is 17.6 Å². The number of ether oxygens (including phenoxy) is 1. The number of aldehydes is 1. The van der Waals surface area contributed by atoms with Crippen LogP contribution in [0.2, 0.25) is 0 Å². The van der Waals surface area contributed by atoms with Crippen LogP contribution in [0.4, 0.5) is 8.78 Å². The van der Waals surface area contributed by atoms with Crippen LogP contribution in [0.5, 0.6) is 0 Å². The fourth-order valence-corrected chi connectivity index (χ4v) is 2.02. The highest BCUT2D eigenvalue weighted by Crippen LogP contribution is 2.38. The Morgan fingerprint density at radius 3 is 2.72 bits per heavy atom. The van der Waals surface area contributed by atoms with Gasteiger partial charge >= 0.3 is 0 Å². The highest BCUT2D eigenvalue weighted by atomic mass is 19.2. The van der Waals surface area contributed by atoms with Crippen LogP contribution < -0.4 is 0 Å². The lowest BCUT2D eigenvalue weighted by atomic mass is 9.84. The number of carbonyl (C=O) groups is 1. The van der Waals surface area contributed by atoms with E-state index in [2.05, 4.69) is 0 Å². The topological polar surface area (TPSA) is 26.3 Å². The van der Waals surface area contributed by atoms with E-state index in [1.807, 2.05) is 0 Å². The zero-order valence-corrected chi connectivity index (χ0v) is 9.77. The van der Waals surface area contributed by atoms with E-state index in [1.165, 1.54) is 37.5 Å². The number of methoxy groups -OCH3 is 1. The number of alkyl halides is 1. The average Bonchev–Trinajstić information content (AvgIpc) is 2.39. The molecule has 0 amide bonds. The molecular weight excluding hydrogens is 238 g/mol. The Bertz CT molecular complexity index is 522. The first-order chi connectivity index (χ1) is 8.62. The third-order valence-corrected chi connectivity index (χ3v) is 2.99. The normalized spacial score (nSPS) is 26.8. The molecule has 2 unspecified atom stereocenters. The van der Waals surface area contributed by atoms with Gasteiger partial charge in [0.25, 0.3) is 0 Å². The van der Waals surface area contributed by atoms with Crippen molar-refractivity contribution in [1.82, 2.24) is 0 Å². The lowest BCUT2D eigenvalue weighted by Crippen LogP contribution is -2.36. The Balaban J connectivity index is 2.51. The quantitative estimate of drug-likeness (QED) is 0.771. The maximum atomic E-state index is 14.3. The van der Waals surface area contributed by atoms with E-state index in [9.17, 15) is 13.6 Å². The molecule has 0 N–H and O–H groups in total. The predicted molar refractivity (Wildman–Crippen MR) is 63.9 cm³/mol. The summed E-state index contributed by atoms with van der Waals surface area (Å²) in [4.78, 5) is 11.1. The number of benzene rings is 1. The van der Waals surface area contributed by atoms with Gasteiger partial charge in [-0.25, -0.2) is 8.78 Å². The van der Waals surface area contributed by atoms with Gasteiger partial charge in [0.2, 0.25) is 5.85 Å². The third-order valence-electron chi connectivity index (χ3n) is 2.99. The zero-order chi connectivity index (χ0) is 13.2. The summed E-state index contributed by atoms with van der Waals surface area (Å²) in [5.74, 6) is -3.90. The van der Waals surface area contributed by atoms with Gasteiger partial charge in [-0.2, -0.15) is 0 Å². The Morgan fingerprint density at radius 2 is 2.11 bits per heavy atom. The monoisotopic (exact) mass is 250 g/mol. The maximum Gasteiger partial charge on any atom is 0.242 e. The molecule has 0 aliphatic heterocycles. The first kappa shape index (κ1) is 12.6. The minimum absolute atomic E-state index is 0.207. The molecule has 2 atom stereocenters. The Morgan fingerprint density at radius 1 is 1.39 bits per heavy atom. The highest BCUT2D eigenvalue weighted by Gasteiger charge is 2.41. The van der Waals surface area contributed by atoms with Crippen molar-refractivity contribution in [2.75, 3.05) is 7.11 Å². The van der Waals surface area contributed by atoms with Crippen LogP contribution >= 0.6 is 0 Å². The number of carbonyl (C=O) groups excluding carboxylic acids is 1. The summed E-state index contributed by atoms with van der Waals surface area (Å²) < 4.78 is 32.8. The average molecular weight is 250 g/mol. The minimum Gasteiger partial charge on any atom is -0.345 e. The van der Waals surface area contributed by atoms with E-state index in [4.69, 9.17) is 4.74 Å². The molecule has 2 nitrogen and oxygen atoms in total. The molecule has 18 heavy (non-hydrogen) atoms. The molecule has 0 fully saturated rings. The highest BCUT2D eigenvalue weighted by molar-refractivity contribution is 5.84. The smallest absolute Gasteiger partial charge is 0.242 e. The summed E-state index contributed by atoms with van der Waals surface area (Å²) in [6, 6.07) is 5.94. The van der Waals surface area contributed by atoms with Gasteiger partial charge in [0.05, 0.1) is 0 Å². The second-order valence-electron chi connectivity index (χ2n) is 3.98. The van der Waals surface area contributed by atoms with E-state index in [-0.39, 0.29) is 11.1 Å². The van der Waals surface area contributed by atoms with Gasteiger partial charge in [0, 0.05) is 12.7 Å². The second-order valence-corrected chi connectivity index (χ2v) is 3.98. The van der Waals surface area contributed by atoms with E-state index in [1.54, 1.807) is 6.07 Å². The molecule has 0 saturated heterocycles. The van der Waals surface area contributed by atoms with Crippen LogP contribution in [0.15, 0.2) is 42.5 Å².